The summed E-state index contributed by atoms with van der Waals surface area (Å²) in [4.78, 5) is 17.1. The second-order valence-electron chi connectivity index (χ2n) is 5.40. The summed E-state index contributed by atoms with van der Waals surface area (Å²) in [5.74, 6) is 0. The molecule has 0 atom stereocenters. The Morgan fingerprint density at radius 2 is 1.88 bits per heavy atom. The first kappa shape index (κ1) is 18.1. The number of nitrogens with two attached hydrogens (primary N) is 1. The summed E-state index contributed by atoms with van der Waals surface area (Å²) in [7, 11) is -3.77. The van der Waals surface area contributed by atoms with Crippen LogP contribution in [-0.4, -0.2) is 19.4 Å². The van der Waals surface area contributed by atoms with Crippen molar-refractivity contribution in [3.63, 3.8) is 0 Å². The van der Waals surface area contributed by atoms with Crippen LogP contribution in [0, 0.1) is 0 Å². The third-order valence-corrected chi connectivity index (χ3v) is 5.34. The number of rotatable bonds is 5. The molecule has 0 radical (unpaired) electrons. The van der Waals surface area contributed by atoms with Crippen molar-refractivity contribution < 1.29 is 13.2 Å². The molecule has 1 aromatic heterocycles. The number of primary sulfonamides is 1. The smallest absolute Gasteiger partial charge is 0.321 e. The molecule has 0 aliphatic carbocycles. The number of nitrogens with one attached hydrogen (secondary N) is 2. The van der Waals surface area contributed by atoms with Gasteiger partial charge < -0.3 is 5.32 Å². The largest absolute Gasteiger partial charge is 0.334 e. The Labute approximate surface area is 154 Å². The molecule has 2 amide bonds. The van der Waals surface area contributed by atoms with Gasteiger partial charge in [-0.25, -0.2) is 23.3 Å². The molecule has 3 aromatic rings. The monoisotopic (exact) mass is 388 g/mol. The Morgan fingerprint density at radius 1 is 1.12 bits per heavy atom. The van der Waals surface area contributed by atoms with E-state index in [1.54, 1.807) is 18.3 Å². The number of amides is 2. The maximum absolute atomic E-state index is 12.0. The maximum atomic E-state index is 12.0. The van der Waals surface area contributed by atoms with Gasteiger partial charge in [0.25, 0.3) is 0 Å². The molecule has 7 nitrogen and oxygen atoms in total. The molecule has 4 N–H and O–H groups in total. The molecule has 9 heteroatoms. The fraction of sp³-hybridized carbons (Fsp3) is 0.0588. The van der Waals surface area contributed by atoms with Gasteiger partial charge in [0.15, 0.2) is 5.13 Å². The molecule has 0 unspecified atom stereocenters. The molecule has 0 spiro atoms. The first-order chi connectivity index (χ1) is 12.4. The van der Waals surface area contributed by atoms with Crippen molar-refractivity contribution in [1.82, 2.24) is 10.3 Å². The minimum Gasteiger partial charge on any atom is -0.334 e. The summed E-state index contributed by atoms with van der Waals surface area (Å²) in [6.07, 6.45) is 1.70. The van der Waals surface area contributed by atoms with E-state index in [1.165, 1.54) is 23.5 Å². The predicted molar refractivity (Wildman–Crippen MR) is 101 cm³/mol. The number of carbonyl (C=O) groups excluding carboxylic acids is 1. The highest BCUT2D eigenvalue weighted by Crippen LogP contribution is 2.28. The first-order valence-electron chi connectivity index (χ1n) is 7.60. The van der Waals surface area contributed by atoms with Gasteiger partial charge in [0.05, 0.1) is 9.77 Å². The van der Waals surface area contributed by atoms with Crippen LogP contribution in [-0.2, 0) is 16.6 Å². The number of aromatic nitrogens is 1. The van der Waals surface area contributed by atoms with Gasteiger partial charge in [-0.1, -0.05) is 53.8 Å². The van der Waals surface area contributed by atoms with E-state index < -0.39 is 16.1 Å². The molecule has 0 aliphatic rings. The second kappa shape index (κ2) is 7.65. The summed E-state index contributed by atoms with van der Waals surface area (Å²) >= 11 is 1.36. The van der Waals surface area contributed by atoms with Gasteiger partial charge in [-0.15, -0.1) is 0 Å². The molecule has 2 aromatic carbocycles. The van der Waals surface area contributed by atoms with E-state index in [2.05, 4.69) is 15.6 Å². The standard InChI is InChI=1S/C17H16N4O3S2/c18-26(23,24)14-8-4-5-12(9-14)10-19-16(22)21-17-20-11-15(25-17)13-6-2-1-3-7-13/h1-9,11H,10H2,(H2,18,23,24)(H2,19,20,21,22). The van der Waals surface area contributed by atoms with Crippen molar-refractivity contribution in [1.29, 1.82) is 0 Å². The highest BCUT2D eigenvalue weighted by Gasteiger charge is 2.10. The Balaban J connectivity index is 1.59. The van der Waals surface area contributed by atoms with E-state index in [9.17, 15) is 13.2 Å². The quantitative estimate of drug-likeness (QED) is 0.623. The fourth-order valence-corrected chi connectivity index (χ4v) is 3.62. The molecule has 1 heterocycles. The molecule has 134 valence electrons. The van der Waals surface area contributed by atoms with Gasteiger partial charge in [-0.05, 0) is 23.3 Å². The van der Waals surface area contributed by atoms with Gasteiger partial charge in [0.1, 0.15) is 0 Å². The third kappa shape index (κ3) is 4.66. The van der Waals surface area contributed by atoms with Crippen molar-refractivity contribution in [2.45, 2.75) is 11.4 Å². The number of carbonyl (C=O) groups is 1. The van der Waals surface area contributed by atoms with E-state index in [4.69, 9.17) is 5.14 Å². The molecule has 0 fully saturated rings. The summed E-state index contributed by atoms with van der Waals surface area (Å²) < 4.78 is 22.7. The lowest BCUT2D eigenvalue weighted by Gasteiger charge is -2.06. The van der Waals surface area contributed by atoms with Crippen LogP contribution in [0.4, 0.5) is 9.93 Å². The number of thiazole rings is 1. The van der Waals surface area contributed by atoms with Gasteiger partial charge in [-0.2, -0.15) is 0 Å². The summed E-state index contributed by atoms with van der Waals surface area (Å²) in [6.45, 7) is 0.159. The lowest BCUT2D eigenvalue weighted by Crippen LogP contribution is -2.28. The predicted octanol–water partition coefficient (Wildman–Crippen LogP) is 2.78. The normalized spacial score (nSPS) is 11.1. The van der Waals surface area contributed by atoms with E-state index in [0.29, 0.717) is 10.7 Å². The molecule has 0 saturated heterocycles. The molecular weight excluding hydrogens is 372 g/mol. The Kier molecular flexibility index (Phi) is 5.31. The van der Waals surface area contributed by atoms with Crippen LogP contribution < -0.4 is 15.8 Å². The van der Waals surface area contributed by atoms with Crippen LogP contribution in [0.3, 0.4) is 0 Å². The Hall–Kier alpha value is -2.75. The van der Waals surface area contributed by atoms with Crippen LogP contribution in [0.25, 0.3) is 10.4 Å². The number of anilines is 1. The number of benzene rings is 2. The van der Waals surface area contributed by atoms with Crippen molar-refractivity contribution in [2.75, 3.05) is 5.32 Å². The average Bonchev–Trinajstić information content (AvgIpc) is 3.09. The van der Waals surface area contributed by atoms with E-state index in [1.807, 2.05) is 30.3 Å². The van der Waals surface area contributed by atoms with Gasteiger partial charge in [0, 0.05) is 12.7 Å². The minimum absolute atomic E-state index is 0.00429. The van der Waals surface area contributed by atoms with Crippen LogP contribution in [0.15, 0.2) is 65.7 Å². The SMILES string of the molecule is NS(=O)(=O)c1cccc(CNC(=O)Nc2ncc(-c3ccccc3)s2)c1. The van der Waals surface area contributed by atoms with Crippen molar-refractivity contribution in [3.8, 4) is 10.4 Å². The zero-order valence-electron chi connectivity index (χ0n) is 13.5. The second-order valence-corrected chi connectivity index (χ2v) is 7.99. The van der Waals surface area contributed by atoms with Gasteiger partial charge in [0.2, 0.25) is 10.0 Å². The van der Waals surface area contributed by atoms with Crippen LogP contribution >= 0.6 is 11.3 Å². The molecule has 0 saturated carbocycles. The molecule has 26 heavy (non-hydrogen) atoms. The van der Waals surface area contributed by atoms with E-state index in [0.717, 1.165) is 10.4 Å². The zero-order chi connectivity index (χ0) is 18.6. The average molecular weight is 388 g/mol. The summed E-state index contributed by atoms with van der Waals surface area (Å²) in [5.41, 5.74) is 1.65. The van der Waals surface area contributed by atoms with Crippen LogP contribution in [0.2, 0.25) is 0 Å². The van der Waals surface area contributed by atoms with Crippen molar-refractivity contribution in [3.05, 3.63) is 66.4 Å². The van der Waals surface area contributed by atoms with Crippen molar-refractivity contribution >= 4 is 32.5 Å². The maximum Gasteiger partial charge on any atom is 0.321 e. The van der Waals surface area contributed by atoms with Crippen molar-refractivity contribution in [2.24, 2.45) is 5.14 Å². The zero-order valence-corrected chi connectivity index (χ0v) is 15.2. The molecule has 3 rings (SSSR count). The highest BCUT2D eigenvalue weighted by molar-refractivity contribution is 7.89. The number of nitrogens with zero attached hydrogens (tertiary/aromatic N) is 1. The highest BCUT2D eigenvalue weighted by atomic mass is 32.2. The number of urea groups is 1. The third-order valence-electron chi connectivity index (χ3n) is 3.46. The number of hydrogen-bond donors (Lipinski definition) is 3. The summed E-state index contributed by atoms with van der Waals surface area (Å²) in [5, 5.41) is 10.9. The number of sulfonamides is 1. The minimum atomic E-state index is -3.77. The van der Waals surface area contributed by atoms with Gasteiger partial charge >= 0.3 is 6.03 Å². The summed E-state index contributed by atoms with van der Waals surface area (Å²) in [6, 6.07) is 15.4. The molecular formula is C17H16N4O3S2. The topological polar surface area (TPSA) is 114 Å². The van der Waals surface area contributed by atoms with E-state index >= 15 is 0 Å². The molecule has 0 bridgehead atoms. The van der Waals surface area contributed by atoms with Crippen LogP contribution in [0.1, 0.15) is 5.56 Å². The van der Waals surface area contributed by atoms with Crippen LogP contribution in [0.5, 0.6) is 0 Å². The lowest BCUT2D eigenvalue weighted by molar-refractivity contribution is 0.251. The number of hydrogen-bond acceptors (Lipinski definition) is 5. The fourth-order valence-electron chi connectivity index (χ4n) is 2.22. The van der Waals surface area contributed by atoms with E-state index in [-0.39, 0.29) is 11.4 Å². The Bertz CT molecular complexity index is 1020. The first-order valence-corrected chi connectivity index (χ1v) is 9.96. The van der Waals surface area contributed by atoms with Gasteiger partial charge in [-0.3, -0.25) is 5.32 Å². The molecule has 0 aliphatic heterocycles. The lowest BCUT2D eigenvalue weighted by atomic mass is 10.2. The Morgan fingerprint density at radius 3 is 2.62 bits per heavy atom.